The molecule has 1 aromatic heterocycles. The van der Waals surface area contributed by atoms with Gasteiger partial charge in [-0.3, -0.25) is 14.4 Å². The van der Waals surface area contributed by atoms with Crippen LogP contribution >= 0.6 is 11.3 Å². The minimum absolute atomic E-state index is 0.112. The van der Waals surface area contributed by atoms with E-state index in [1.807, 2.05) is 0 Å². The highest BCUT2D eigenvalue weighted by Gasteiger charge is 2.08. The van der Waals surface area contributed by atoms with Crippen molar-refractivity contribution in [2.24, 2.45) is 0 Å². The molecule has 2 amide bonds. The normalized spacial score (nSPS) is 9.61. The van der Waals surface area contributed by atoms with E-state index < -0.39 is 5.97 Å². The van der Waals surface area contributed by atoms with Gasteiger partial charge in [0, 0.05) is 17.5 Å². The molecule has 0 aliphatic carbocycles. The van der Waals surface area contributed by atoms with Gasteiger partial charge in [0.2, 0.25) is 5.91 Å². The molecule has 18 heavy (non-hydrogen) atoms. The van der Waals surface area contributed by atoms with E-state index >= 15 is 0 Å². The first kappa shape index (κ1) is 14.2. The Bertz CT molecular complexity index is 417. The van der Waals surface area contributed by atoms with Gasteiger partial charge < -0.3 is 15.4 Å². The lowest BCUT2D eigenvalue weighted by molar-refractivity contribution is -0.140. The van der Waals surface area contributed by atoms with Gasteiger partial charge in [-0.25, -0.2) is 0 Å². The van der Waals surface area contributed by atoms with Crippen LogP contribution in [0.5, 0.6) is 0 Å². The van der Waals surface area contributed by atoms with Crippen molar-refractivity contribution in [3.63, 3.8) is 0 Å². The molecule has 7 heteroatoms. The molecule has 0 saturated carbocycles. The van der Waals surface area contributed by atoms with Gasteiger partial charge >= 0.3 is 5.97 Å². The highest BCUT2D eigenvalue weighted by molar-refractivity contribution is 7.08. The number of nitrogens with one attached hydrogen (secondary N) is 2. The van der Waals surface area contributed by atoms with Crippen molar-refractivity contribution in [3.05, 3.63) is 22.4 Å². The second-order valence-electron chi connectivity index (χ2n) is 3.37. The Balaban J connectivity index is 2.17. The van der Waals surface area contributed by atoms with Crippen molar-refractivity contribution in [2.75, 3.05) is 20.2 Å². The van der Waals surface area contributed by atoms with Crippen molar-refractivity contribution in [1.82, 2.24) is 10.6 Å². The van der Waals surface area contributed by atoms with Gasteiger partial charge in [0.1, 0.15) is 0 Å². The summed E-state index contributed by atoms with van der Waals surface area (Å²) in [5.74, 6) is -1.03. The Hall–Kier alpha value is -1.89. The van der Waals surface area contributed by atoms with E-state index in [2.05, 4.69) is 15.4 Å². The predicted molar refractivity (Wildman–Crippen MR) is 66.3 cm³/mol. The van der Waals surface area contributed by atoms with Crippen LogP contribution in [0.3, 0.4) is 0 Å². The summed E-state index contributed by atoms with van der Waals surface area (Å²) in [5.41, 5.74) is 0.530. The van der Waals surface area contributed by atoms with E-state index in [1.54, 1.807) is 16.8 Å². The lowest BCUT2D eigenvalue weighted by Gasteiger charge is -2.05. The molecule has 0 fully saturated rings. The Kier molecular flexibility index (Phi) is 5.86. The Morgan fingerprint density at radius 1 is 1.33 bits per heavy atom. The zero-order valence-corrected chi connectivity index (χ0v) is 10.7. The standard InChI is InChI=1S/C11H14N2O4S/c1-17-10(15)2-4-12-9(14)6-13-11(16)8-3-5-18-7-8/h3,5,7H,2,4,6H2,1H3,(H,12,14)(H,13,16). The zero-order valence-electron chi connectivity index (χ0n) is 9.89. The van der Waals surface area contributed by atoms with Gasteiger partial charge in [-0.05, 0) is 11.4 Å². The number of carbonyl (C=O) groups is 3. The van der Waals surface area contributed by atoms with E-state index in [9.17, 15) is 14.4 Å². The van der Waals surface area contributed by atoms with E-state index in [1.165, 1.54) is 18.4 Å². The molecular formula is C11H14N2O4S. The summed E-state index contributed by atoms with van der Waals surface area (Å²) in [6, 6.07) is 1.68. The van der Waals surface area contributed by atoms with Crippen LogP contribution in [0.2, 0.25) is 0 Å². The quantitative estimate of drug-likeness (QED) is 0.721. The first-order valence-electron chi connectivity index (χ1n) is 5.27. The summed E-state index contributed by atoms with van der Waals surface area (Å²) in [6.45, 7) is 0.0790. The minimum Gasteiger partial charge on any atom is -0.469 e. The number of hydrogen-bond donors (Lipinski definition) is 2. The lowest BCUT2D eigenvalue weighted by atomic mass is 10.3. The molecule has 0 radical (unpaired) electrons. The largest absolute Gasteiger partial charge is 0.469 e. The molecule has 1 rings (SSSR count). The van der Waals surface area contributed by atoms with Crippen LogP contribution in [0, 0.1) is 0 Å². The van der Waals surface area contributed by atoms with Gasteiger partial charge in [-0.2, -0.15) is 11.3 Å². The molecule has 0 bridgehead atoms. The minimum atomic E-state index is -0.391. The second-order valence-corrected chi connectivity index (χ2v) is 4.15. The molecule has 0 unspecified atom stereocenters. The average Bonchev–Trinajstić information content (AvgIpc) is 2.89. The van der Waals surface area contributed by atoms with Crippen molar-refractivity contribution in [1.29, 1.82) is 0 Å². The molecule has 0 saturated heterocycles. The maximum atomic E-state index is 11.5. The molecule has 98 valence electrons. The molecule has 0 spiro atoms. The molecular weight excluding hydrogens is 256 g/mol. The van der Waals surface area contributed by atoms with Crippen molar-refractivity contribution in [3.8, 4) is 0 Å². The van der Waals surface area contributed by atoms with Crippen LogP contribution in [0.4, 0.5) is 0 Å². The highest BCUT2D eigenvalue weighted by Crippen LogP contribution is 2.04. The van der Waals surface area contributed by atoms with E-state index in [4.69, 9.17) is 0 Å². The summed E-state index contributed by atoms with van der Waals surface area (Å²) >= 11 is 1.41. The number of rotatable bonds is 6. The van der Waals surface area contributed by atoms with Gasteiger partial charge in [0.15, 0.2) is 0 Å². The Labute approximate surface area is 108 Å². The second kappa shape index (κ2) is 7.44. The van der Waals surface area contributed by atoms with Crippen molar-refractivity contribution < 1.29 is 19.1 Å². The molecule has 6 nitrogen and oxygen atoms in total. The molecule has 1 heterocycles. The van der Waals surface area contributed by atoms with Crippen LogP contribution in [-0.2, 0) is 14.3 Å². The third-order valence-electron chi connectivity index (χ3n) is 2.07. The number of ether oxygens (including phenoxy) is 1. The fraction of sp³-hybridized carbons (Fsp3) is 0.364. The SMILES string of the molecule is COC(=O)CCNC(=O)CNC(=O)c1ccsc1. The summed E-state index contributed by atoms with van der Waals surface area (Å²) in [6.07, 6.45) is 0.112. The van der Waals surface area contributed by atoms with Crippen molar-refractivity contribution in [2.45, 2.75) is 6.42 Å². The summed E-state index contributed by atoms with van der Waals surface area (Å²) < 4.78 is 4.42. The van der Waals surface area contributed by atoms with Crippen LogP contribution < -0.4 is 10.6 Å². The van der Waals surface area contributed by atoms with Crippen LogP contribution in [-0.4, -0.2) is 38.0 Å². The van der Waals surface area contributed by atoms with E-state index in [0.29, 0.717) is 5.56 Å². The number of hydrogen-bond acceptors (Lipinski definition) is 5. The lowest BCUT2D eigenvalue weighted by Crippen LogP contribution is -2.37. The number of esters is 1. The van der Waals surface area contributed by atoms with Gasteiger partial charge in [-0.1, -0.05) is 0 Å². The maximum Gasteiger partial charge on any atom is 0.307 e. The fourth-order valence-corrected chi connectivity index (χ4v) is 1.76. The molecule has 0 aliphatic rings. The van der Waals surface area contributed by atoms with Gasteiger partial charge in [0.05, 0.1) is 20.1 Å². The third kappa shape index (κ3) is 4.96. The van der Waals surface area contributed by atoms with Gasteiger partial charge in [-0.15, -0.1) is 0 Å². The smallest absolute Gasteiger partial charge is 0.307 e. The molecule has 2 N–H and O–H groups in total. The van der Waals surface area contributed by atoms with Gasteiger partial charge in [0.25, 0.3) is 5.91 Å². The Morgan fingerprint density at radius 3 is 2.72 bits per heavy atom. The maximum absolute atomic E-state index is 11.5. The van der Waals surface area contributed by atoms with Crippen LogP contribution in [0.15, 0.2) is 16.8 Å². The molecule has 0 aliphatic heterocycles. The summed E-state index contributed by atoms with van der Waals surface area (Å²) in [5, 5.41) is 8.46. The van der Waals surface area contributed by atoms with Crippen LogP contribution in [0.1, 0.15) is 16.8 Å². The molecule has 0 aromatic carbocycles. The van der Waals surface area contributed by atoms with Crippen molar-refractivity contribution >= 4 is 29.1 Å². The topological polar surface area (TPSA) is 84.5 Å². The number of carbonyl (C=O) groups excluding carboxylic acids is 3. The van der Waals surface area contributed by atoms with E-state index in [-0.39, 0.29) is 31.3 Å². The molecule has 0 atom stereocenters. The van der Waals surface area contributed by atoms with E-state index in [0.717, 1.165) is 0 Å². The first-order valence-corrected chi connectivity index (χ1v) is 6.21. The molecule has 1 aromatic rings. The van der Waals surface area contributed by atoms with Crippen LogP contribution in [0.25, 0.3) is 0 Å². The predicted octanol–water partition coefficient (Wildman–Crippen LogP) is 0.157. The Morgan fingerprint density at radius 2 is 2.11 bits per heavy atom. The average molecular weight is 270 g/mol. The summed E-state index contributed by atoms with van der Waals surface area (Å²) in [7, 11) is 1.28. The number of methoxy groups -OCH3 is 1. The summed E-state index contributed by atoms with van der Waals surface area (Å²) in [4.78, 5) is 33.6. The number of thiophene rings is 1. The highest BCUT2D eigenvalue weighted by atomic mass is 32.1. The first-order chi connectivity index (χ1) is 8.63. The zero-order chi connectivity index (χ0) is 13.4. The third-order valence-corrected chi connectivity index (χ3v) is 2.76. The number of amides is 2. The monoisotopic (exact) mass is 270 g/mol. The fourth-order valence-electron chi connectivity index (χ4n) is 1.12.